The van der Waals surface area contributed by atoms with Gasteiger partial charge in [0.25, 0.3) is 0 Å². The first-order valence-electron chi connectivity index (χ1n) is 3.65. The van der Waals surface area contributed by atoms with Gasteiger partial charge in [-0.1, -0.05) is 0 Å². The van der Waals surface area contributed by atoms with Gasteiger partial charge in [0, 0.05) is 13.3 Å². The van der Waals surface area contributed by atoms with E-state index in [0.717, 1.165) is 25.5 Å². The van der Waals surface area contributed by atoms with Gasteiger partial charge in [-0.05, 0) is 0 Å². The van der Waals surface area contributed by atoms with E-state index in [2.05, 4.69) is 4.99 Å². The molecule has 2 aliphatic rings. The van der Waals surface area contributed by atoms with Crippen LogP contribution < -0.4 is 0 Å². The van der Waals surface area contributed by atoms with Crippen molar-refractivity contribution in [3.63, 3.8) is 0 Å². The lowest BCUT2D eigenvalue weighted by Crippen LogP contribution is -2.33. The van der Waals surface area contributed by atoms with Gasteiger partial charge in [-0.25, -0.2) is 4.99 Å². The molecular weight excluding hydrogens is 130 g/mol. The van der Waals surface area contributed by atoms with Crippen LogP contribution in [0.15, 0.2) is 4.99 Å². The van der Waals surface area contributed by atoms with Crippen molar-refractivity contribution in [2.24, 2.45) is 4.99 Å². The van der Waals surface area contributed by atoms with E-state index in [-0.39, 0.29) is 6.04 Å². The third-order valence-electron chi connectivity index (χ3n) is 1.93. The van der Waals surface area contributed by atoms with Crippen molar-refractivity contribution in [2.75, 3.05) is 13.2 Å². The fourth-order valence-corrected chi connectivity index (χ4v) is 1.44. The van der Waals surface area contributed by atoms with Crippen molar-refractivity contribution in [3.05, 3.63) is 0 Å². The van der Waals surface area contributed by atoms with E-state index >= 15 is 0 Å². The summed E-state index contributed by atoms with van der Waals surface area (Å²) >= 11 is 0. The first-order valence-corrected chi connectivity index (χ1v) is 3.65. The quantitative estimate of drug-likeness (QED) is 0.494. The first kappa shape index (κ1) is 6.16. The zero-order chi connectivity index (χ0) is 6.97. The van der Waals surface area contributed by atoms with Gasteiger partial charge in [-0.15, -0.1) is 0 Å². The minimum Gasteiger partial charge on any atom is -0.476 e. The molecule has 2 aliphatic heterocycles. The molecule has 1 fully saturated rings. The van der Waals surface area contributed by atoms with Crippen molar-refractivity contribution >= 4 is 5.90 Å². The maximum absolute atomic E-state index is 5.44. The molecule has 3 heteroatoms. The Labute approximate surface area is 60.0 Å². The van der Waals surface area contributed by atoms with E-state index in [9.17, 15) is 0 Å². The molecule has 2 atom stereocenters. The summed E-state index contributed by atoms with van der Waals surface area (Å²) in [6.07, 6.45) is 1.31. The Morgan fingerprint density at radius 2 is 2.50 bits per heavy atom. The standard InChI is InChI=1S/C7H11NO2/c1-5-8-6-4-9-3-2-7(6)10-5/h6-7H,2-4H2,1H3. The van der Waals surface area contributed by atoms with E-state index in [1.807, 2.05) is 6.92 Å². The molecule has 2 unspecified atom stereocenters. The van der Waals surface area contributed by atoms with Gasteiger partial charge >= 0.3 is 0 Å². The summed E-state index contributed by atoms with van der Waals surface area (Å²) in [6, 6.07) is 0.286. The number of ether oxygens (including phenoxy) is 2. The van der Waals surface area contributed by atoms with Gasteiger partial charge in [-0.3, -0.25) is 0 Å². The molecule has 0 bridgehead atoms. The number of nitrogens with zero attached hydrogens (tertiary/aromatic N) is 1. The van der Waals surface area contributed by atoms with Crippen LogP contribution in [0.4, 0.5) is 0 Å². The van der Waals surface area contributed by atoms with Crippen LogP contribution in [0.3, 0.4) is 0 Å². The maximum atomic E-state index is 5.44. The highest BCUT2D eigenvalue weighted by Crippen LogP contribution is 2.20. The monoisotopic (exact) mass is 141 g/mol. The van der Waals surface area contributed by atoms with Crippen LogP contribution in [0, 0.1) is 0 Å². The molecule has 0 aromatic rings. The SMILES string of the molecule is CC1=NC2COCCC2O1. The van der Waals surface area contributed by atoms with Crippen LogP contribution >= 0.6 is 0 Å². The molecule has 0 spiro atoms. The van der Waals surface area contributed by atoms with E-state index in [4.69, 9.17) is 9.47 Å². The second-order valence-electron chi connectivity index (χ2n) is 2.74. The second kappa shape index (κ2) is 2.23. The summed E-state index contributed by atoms with van der Waals surface area (Å²) in [7, 11) is 0. The zero-order valence-corrected chi connectivity index (χ0v) is 6.04. The Kier molecular flexibility index (Phi) is 1.38. The molecule has 1 saturated heterocycles. The highest BCUT2D eigenvalue weighted by molar-refractivity contribution is 5.75. The van der Waals surface area contributed by atoms with Crippen molar-refractivity contribution < 1.29 is 9.47 Å². The minimum absolute atomic E-state index is 0.286. The molecule has 0 aromatic heterocycles. The molecule has 0 aliphatic carbocycles. The largest absolute Gasteiger partial charge is 0.476 e. The number of hydrogen-bond donors (Lipinski definition) is 0. The molecule has 0 N–H and O–H groups in total. The van der Waals surface area contributed by atoms with Gasteiger partial charge in [0.05, 0.1) is 13.2 Å². The lowest BCUT2D eigenvalue weighted by Gasteiger charge is -2.22. The summed E-state index contributed by atoms with van der Waals surface area (Å²) in [6.45, 7) is 3.46. The Hall–Kier alpha value is -0.570. The van der Waals surface area contributed by atoms with Crippen LogP contribution in [0.25, 0.3) is 0 Å². The molecule has 2 rings (SSSR count). The van der Waals surface area contributed by atoms with Crippen molar-refractivity contribution in [3.8, 4) is 0 Å². The second-order valence-corrected chi connectivity index (χ2v) is 2.74. The molecular formula is C7H11NO2. The molecule has 0 aromatic carbocycles. The first-order chi connectivity index (χ1) is 4.86. The van der Waals surface area contributed by atoms with E-state index in [1.54, 1.807) is 0 Å². The van der Waals surface area contributed by atoms with Crippen LogP contribution in [0.1, 0.15) is 13.3 Å². The van der Waals surface area contributed by atoms with E-state index in [1.165, 1.54) is 0 Å². The summed E-state index contributed by atoms with van der Waals surface area (Å²) in [5.41, 5.74) is 0. The molecule has 10 heavy (non-hydrogen) atoms. The van der Waals surface area contributed by atoms with Crippen LogP contribution in [-0.4, -0.2) is 31.3 Å². The molecule has 0 saturated carbocycles. The minimum atomic E-state index is 0.286. The Balaban J connectivity index is 2.06. The third-order valence-corrected chi connectivity index (χ3v) is 1.93. The fourth-order valence-electron chi connectivity index (χ4n) is 1.44. The van der Waals surface area contributed by atoms with E-state index in [0.29, 0.717) is 6.10 Å². The normalized spacial score (nSPS) is 38.3. The summed E-state index contributed by atoms with van der Waals surface area (Å²) in [4.78, 5) is 4.28. The average molecular weight is 141 g/mol. The fraction of sp³-hybridized carbons (Fsp3) is 0.857. The lowest BCUT2D eigenvalue weighted by atomic mass is 10.1. The smallest absolute Gasteiger partial charge is 0.180 e. The molecule has 0 radical (unpaired) electrons. The topological polar surface area (TPSA) is 30.8 Å². The van der Waals surface area contributed by atoms with Crippen LogP contribution in [0.2, 0.25) is 0 Å². The van der Waals surface area contributed by atoms with Gasteiger partial charge < -0.3 is 9.47 Å². The van der Waals surface area contributed by atoms with Crippen molar-refractivity contribution in [1.82, 2.24) is 0 Å². The molecule has 3 nitrogen and oxygen atoms in total. The molecule has 0 amide bonds. The predicted octanol–water partition coefficient (Wildman–Crippen LogP) is 0.593. The highest BCUT2D eigenvalue weighted by atomic mass is 16.5. The third kappa shape index (κ3) is 0.904. The van der Waals surface area contributed by atoms with E-state index < -0.39 is 0 Å². The number of hydrogen-bond acceptors (Lipinski definition) is 3. The van der Waals surface area contributed by atoms with Crippen LogP contribution in [-0.2, 0) is 9.47 Å². The number of fused-ring (bicyclic) bond motifs is 1. The molecule has 2 heterocycles. The summed E-state index contributed by atoms with van der Waals surface area (Å²) in [5, 5.41) is 0. The number of rotatable bonds is 0. The summed E-state index contributed by atoms with van der Waals surface area (Å²) in [5.74, 6) is 0.820. The number of aliphatic imine (C=N–C) groups is 1. The van der Waals surface area contributed by atoms with Gasteiger partial charge in [0.15, 0.2) is 5.90 Å². The lowest BCUT2D eigenvalue weighted by molar-refractivity contribution is 0.0195. The van der Waals surface area contributed by atoms with Gasteiger partial charge in [0.2, 0.25) is 0 Å². The maximum Gasteiger partial charge on any atom is 0.180 e. The molecule has 56 valence electrons. The predicted molar refractivity (Wildman–Crippen MR) is 37.2 cm³/mol. The Morgan fingerprint density at radius 1 is 1.60 bits per heavy atom. The van der Waals surface area contributed by atoms with Gasteiger partial charge in [-0.2, -0.15) is 0 Å². The highest BCUT2D eigenvalue weighted by Gasteiger charge is 2.31. The average Bonchev–Trinajstić information content (AvgIpc) is 2.27. The van der Waals surface area contributed by atoms with Gasteiger partial charge in [0.1, 0.15) is 12.1 Å². The Morgan fingerprint density at radius 3 is 3.30 bits per heavy atom. The van der Waals surface area contributed by atoms with Crippen molar-refractivity contribution in [1.29, 1.82) is 0 Å². The zero-order valence-electron chi connectivity index (χ0n) is 6.04. The van der Waals surface area contributed by atoms with Crippen LogP contribution in [0.5, 0.6) is 0 Å². The summed E-state index contributed by atoms with van der Waals surface area (Å²) < 4.78 is 10.7. The Bertz CT molecular complexity index is 167. The van der Waals surface area contributed by atoms with Crippen molar-refractivity contribution in [2.45, 2.75) is 25.5 Å².